The van der Waals surface area contributed by atoms with Gasteiger partial charge in [0.2, 0.25) is 0 Å². The number of rotatable bonds is 3. The van der Waals surface area contributed by atoms with Gasteiger partial charge in [-0.3, -0.25) is 9.59 Å². The molecule has 2 aromatic carbocycles. The molecule has 1 aliphatic rings. The second kappa shape index (κ2) is 7.41. The minimum Gasteiger partial charge on any atom is -0.367 e. The SMILES string of the molecule is NC(=O)c1c(F)cc(Br)cc1N1CCN(C(=O)c2ccc(F)cc2)CC1. The zero-order valence-electron chi connectivity index (χ0n) is 13.7. The Morgan fingerprint density at radius 2 is 1.62 bits per heavy atom. The van der Waals surface area contributed by atoms with Gasteiger partial charge in [0.05, 0.1) is 11.3 Å². The van der Waals surface area contributed by atoms with Gasteiger partial charge in [-0.25, -0.2) is 8.78 Å². The molecule has 136 valence electrons. The van der Waals surface area contributed by atoms with Gasteiger partial charge >= 0.3 is 0 Å². The number of halogens is 3. The Labute approximate surface area is 157 Å². The third kappa shape index (κ3) is 3.70. The molecule has 2 aromatic rings. The molecule has 2 amide bonds. The van der Waals surface area contributed by atoms with E-state index < -0.39 is 17.5 Å². The summed E-state index contributed by atoms with van der Waals surface area (Å²) in [7, 11) is 0. The first kappa shape index (κ1) is 18.3. The van der Waals surface area contributed by atoms with Crippen LogP contribution in [0.3, 0.4) is 0 Å². The summed E-state index contributed by atoms with van der Waals surface area (Å²) in [5.41, 5.74) is 5.97. The summed E-state index contributed by atoms with van der Waals surface area (Å²) < 4.78 is 27.6. The number of anilines is 1. The molecule has 1 fully saturated rings. The van der Waals surface area contributed by atoms with Gasteiger partial charge in [0.1, 0.15) is 11.6 Å². The van der Waals surface area contributed by atoms with E-state index in [0.29, 0.717) is 41.9 Å². The molecule has 5 nitrogen and oxygen atoms in total. The second-order valence-corrected chi connectivity index (χ2v) is 6.85. The third-order valence-corrected chi connectivity index (χ3v) is 4.74. The van der Waals surface area contributed by atoms with Crippen LogP contribution >= 0.6 is 15.9 Å². The van der Waals surface area contributed by atoms with Crippen LogP contribution in [0.4, 0.5) is 14.5 Å². The Hall–Kier alpha value is -2.48. The van der Waals surface area contributed by atoms with Crippen LogP contribution in [0, 0.1) is 11.6 Å². The third-order valence-electron chi connectivity index (χ3n) is 4.28. The number of primary amides is 1. The van der Waals surface area contributed by atoms with Crippen molar-refractivity contribution in [3.8, 4) is 0 Å². The summed E-state index contributed by atoms with van der Waals surface area (Å²) in [5.74, 6) is -2.12. The first-order valence-electron chi connectivity index (χ1n) is 7.95. The maximum Gasteiger partial charge on any atom is 0.253 e. The Morgan fingerprint density at radius 3 is 2.19 bits per heavy atom. The topological polar surface area (TPSA) is 66.6 Å². The zero-order valence-corrected chi connectivity index (χ0v) is 15.3. The minimum atomic E-state index is -0.838. The van der Waals surface area contributed by atoms with E-state index in [1.54, 1.807) is 11.0 Å². The van der Waals surface area contributed by atoms with E-state index in [-0.39, 0.29) is 11.5 Å². The van der Waals surface area contributed by atoms with Gasteiger partial charge in [0.15, 0.2) is 0 Å². The van der Waals surface area contributed by atoms with Crippen LogP contribution < -0.4 is 10.6 Å². The number of carbonyl (C=O) groups is 2. The Balaban J connectivity index is 1.76. The second-order valence-electron chi connectivity index (χ2n) is 5.93. The van der Waals surface area contributed by atoms with Crippen LogP contribution in [0.1, 0.15) is 20.7 Å². The van der Waals surface area contributed by atoms with Gasteiger partial charge in [0.25, 0.3) is 11.8 Å². The lowest BCUT2D eigenvalue weighted by Crippen LogP contribution is -2.49. The lowest BCUT2D eigenvalue weighted by molar-refractivity contribution is 0.0746. The minimum absolute atomic E-state index is 0.161. The van der Waals surface area contributed by atoms with Gasteiger partial charge in [-0.1, -0.05) is 15.9 Å². The maximum absolute atomic E-state index is 14.1. The molecule has 0 saturated carbocycles. The molecule has 8 heteroatoms. The molecule has 0 aromatic heterocycles. The fraction of sp³-hybridized carbons (Fsp3) is 0.222. The molecule has 1 heterocycles. The van der Waals surface area contributed by atoms with E-state index in [0.717, 1.165) is 0 Å². The van der Waals surface area contributed by atoms with Crippen LogP contribution in [0.5, 0.6) is 0 Å². The normalized spacial score (nSPS) is 14.4. The fourth-order valence-electron chi connectivity index (χ4n) is 2.98. The Kier molecular flexibility index (Phi) is 5.22. The van der Waals surface area contributed by atoms with Gasteiger partial charge < -0.3 is 15.5 Å². The van der Waals surface area contributed by atoms with Gasteiger partial charge in [-0.15, -0.1) is 0 Å². The molecule has 2 N–H and O–H groups in total. The van der Waals surface area contributed by atoms with Crippen molar-refractivity contribution in [2.24, 2.45) is 5.73 Å². The predicted molar refractivity (Wildman–Crippen MR) is 97.1 cm³/mol. The summed E-state index contributed by atoms with van der Waals surface area (Å²) in [6, 6.07) is 8.20. The molecule has 0 radical (unpaired) electrons. The summed E-state index contributed by atoms with van der Waals surface area (Å²) >= 11 is 3.22. The van der Waals surface area contributed by atoms with Crippen LogP contribution in [0.25, 0.3) is 0 Å². The van der Waals surface area contributed by atoms with Crippen molar-refractivity contribution in [1.29, 1.82) is 0 Å². The molecule has 0 unspecified atom stereocenters. The van der Waals surface area contributed by atoms with Crippen molar-refractivity contribution in [2.75, 3.05) is 31.1 Å². The summed E-state index contributed by atoms with van der Waals surface area (Å²) in [4.78, 5) is 27.6. The largest absolute Gasteiger partial charge is 0.367 e. The molecular weight excluding hydrogens is 408 g/mol. The predicted octanol–water partition coefficient (Wildman–Crippen LogP) is 2.79. The monoisotopic (exact) mass is 423 g/mol. The first-order chi connectivity index (χ1) is 12.4. The highest BCUT2D eigenvalue weighted by Crippen LogP contribution is 2.29. The number of amides is 2. The number of carbonyl (C=O) groups excluding carboxylic acids is 2. The average molecular weight is 424 g/mol. The molecule has 0 atom stereocenters. The number of benzene rings is 2. The zero-order chi connectivity index (χ0) is 18.8. The van der Waals surface area contributed by atoms with Gasteiger partial charge in [-0.05, 0) is 36.4 Å². The van der Waals surface area contributed by atoms with E-state index in [9.17, 15) is 18.4 Å². The summed E-state index contributed by atoms with van der Waals surface area (Å²) in [6.45, 7) is 1.62. The van der Waals surface area contributed by atoms with Crippen LogP contribution in [-0.4, -0.2) is 42.9 Å². The van der Waals surface area contributed by atoms with Gasteiger partial charge in [-0.2, -0.15) is 0 Å². The van der Waals surface area contributed by atoms with Crippen LogP contribution in [0.15, 0.2) is 40.9 Å². The molecule has 0 aliphatic carbocycles. The fourth-order valence-corrected chi connectivity index (χ4v) is 3.40. The highest BCUT2D eigenvalue weighted by atomic mass is 79.9. The number of nitrogens with two attached hydrogens (primary N) is 1. The highest BCUT2D eigenvalue weighted by molar-refractivity contribution is 9.10. The average Bonchev–Trinajstić information content (AvgIpc) is 2.61. The van der Waals surface area contributed by atoms with E-state index >= 15 is 0 Å². The highest BCUT2D eigenvalue weighted by Gasteiger charge is 2.26. The lowest BCUT2D eigenvalue weighted by Gasteiger charge is -2.37. The molecular formula is C18H16BrF2N3O2. The number of hydrogen-bond acceptors (Lipinski definition) is 3. The van der Waals surface area contributed by atoms with Crippen molar-refractivity contribution < 1.29 is 18.4 Å². The van der Waals surface area contributed by atoms with Crippen LogP contribution in [0.2, 0.25) is 0 Å². The quantitative estimate of drug-likeness (QED) is 0.825. The number of hydrogen-bond donors (Lipinski definition) is 1. The molecule has 3 rings (SSSR count). The Morgan fingerprint density at radius 1 is 1.00 bits per heavy atom. The van der Waals surface area contributed by atoms with Crippen molar-refractivity contribution in [2.45, 2.75) is 0 Å². The van der Waals surface area contributed by atoms with Crippen molar-refractivity contribution in [1.82, 2.24) is 4.90 Å². The Bertz CT molecular complexity index is 850. The summed E-state index contributed by atoms with van der Waals surface area (Å²) in [6.07, 6.45) is 0. The lowest BCUT2D eigenvalue weighted by atomic mass is 10.1. The van der Waals surface area contributed by atoms with E-state index in [4.69, 9.17) is 5.73 Å². The summed E-state index contributed by atoms with van der Waals surface area (Å²) in [5, 5.41) is 0. The molecule has 0 spiro atoms. The maximum atomic E-state index is 14.1. The van der Waals surface area contributed by atoms with Crippen molar-refractivity contribution in [3.63, 3.8) is 0 Å². The molecule has 1 aliphatic heterocycles. The van der Waals surface area contributed by atoms with Crippen LogP contribution in [-0.2, 0) is 0 Å². The van der Waals surface area contributed by atoms with E-state index in [2.05, 4.69) is 15.9 Å². The number of nitrogens with zero attached hydrogens (tertiary/aromatic N) is 2. The number of piperazine rings is 1. The molecule has 26 heavy (non-hydrogen) atoms. The van der Waals surface area contributed by atoms with Crippen molar-refractivity contribution >= 4 is 33.4 Å². The molecule has 0 bridgehead atoms. The standard InChI is InChI=1S/C18H16BrF2N3O2/c19-12-9-14(21)16(17(22)25)15(10-12)23-5-7-24(8-6-23)18(26)11-1-3-13(20)4-2-11/h1-4,9-10H,5-8H2,(H2,22,25). The van der Waals surface area contributed by atoms with Gasteiger partial charge in [0, 0.05) is 36.2 Å². The molecule has 1 saturated heterocycles. The first-order valence-corrected chi connectivity index (χ1v) is 8.75. The van der Waals surface area contributed by atoms with E-state index in [1.165, 1.54) is 30.3 Å². The van der Waals surface area contributed by atoms with E-state index in [1.807, 2.05) is 4.90 Å². The van der Waals surface area contributed by atoms with Crippen molar-refractivity contribution in [3.05, 3.63) is 63.6 Å². The smallest absolute Gasteiger partial charge is 0.253 e.